The Morgan fingerprint density at radius 2 is 1.91 bits per heavy atom. The van der Waals surface area contributed by atoms with Crippen molar-refractivity contribution in [1.82, 2.24) is 19.8 Å². The Bertz CT molecular complexity index is 1100. The first-order chi connectivity index (χ1) is 16.2. The van der Waals surface area contributed by atoms with Gasteiger partial charge in [-0.3, -0.25) is 4.79 Å². The third-order valence-electron chi connectivity index (χ3n) is 6.35. The molecule has 1 saturated heterocycles. The molecule has 1 fully saturated rings. The van der Waals surface area contributed by atoms with Crippen LogP contribution < -0.4 is 10.2 Å². The van der Waals surface area contributed by atoms with E-state index in [9.17, 15) is 4.79 Å². The summed E-state index contributed by atoms with van der Waals surface area (Å²) in [6, 6.07) is 18.0. The van der Waals surface area contributed by atoms with E-state index in [1.165, 1.54) is 18.2 Å². The topological polar surface area (TPSA) is 72.3 Å². The zero-order valence-corrected chi connectivity index (χ0v) is 19.8. The highest BCUT2D eigenvalue weighted by atomic mass is 32.2. The number of carbonyl (C=O) groups excluding carboxylic acids is 1. The molecule has 7 nitrogen and oxygen atoms in total. The zero-order chi connectivity index (χ0) is 22.8. The molecule has 0 spiro atoms. The smallest absolute Gasteiger partial charge is 0.238 e. The molecule has 0 bridgehead atoms. The average Bonchev–Trinajstić information content (AvgIpc) is 3.27. The predicted octanol–water partition coefficient (Wildman–Crippen LogP) is 4.50. The molecule has 0 unspecified atom stereocenters. The van der Waals surface area contributed by atoms with E-state index in [0.29, 0.717) is 11.8 Å². The molecule has 0 radical (unpaired) electrons. The van der Waals surface area contributed by atoms with E-state index in [4.69, 9.17) is 4.74 Å². The molecule has 5 rings (SSSR count). The van der Waals surface area contributed by atoms with Gasteiger partial charge in [0.1, 0.15) is 11.0 Å². The lowest BCUT2D eigenvalue weighted by atomic mass is 9.99. The fourth-order valence-corrected chi connectivity index (χ4v) is 5.74. The molecule has 3 atom stereocenters. The van der Waals surface area contributed by atoms with Crippen molar-refractivity contribution < 1.29 is 9.53 Å². The van der Waals surface area contributed by atoms with Gasteiger partial charge in [-0.1, -0.05) is 54.2 Å². The van der Waals surface area contributed by atoms with Gasteiger partial charge < -0.3 is 15.1 Å². The highest BCUT2D eigenvalue weighted by molar-refractivity contribution is 8.00. The van der Waals surface area contributed by atoms with E-state index >= 15 is 0 Å². The Kier molecular flexibility index (Phi) is 6.26. The molecule has 2 aliphatic heterocycles. The minimum atomic E-state index is -0.330. The fourth-order valence-electron chi connectivity index (χ4n) is 4.59. The molecule has 0 saturated carbocycles. The molecule has 3 aromatic rings. The Morgan fingerprint density at radius 3 is 2.64 bits per heavy atom. The van der Waals surface area contributed by atoms with E-state index in [2.05, 4.69) is 27.4 Å². The SMILES string of the molecule is CCOc1ccc([C@@H]2Nn3c(nnc3-c3ccccc3)S[C@@H]2C(=O)N2CCCC[C@H]2C)cc1. The zero-order valence-electron chi connectivity index (χ0n) is 19.0. The van der Waals surface area contributed by atoms with E-state index in [1.807, 2.05) is 66.2 Å². The number of fused-ring (bicyclic) bond motifs is 1. The van der Waals surface area contributed by atoms with Gasteiger partial charge in [0.15, 0.2) is 5.82 Å². The third kappa shape index (κ3) is 4.31. The highest BCUT2D eigenvalue weighted by Gasteiger charge is 2.41. The van der Waals surface area contributed by atoms with E-state index in [1.54, 1.807) is 0 Å². The van der Waals surface area contributed by atoms with Gasteiger partial charge in [-0.05, 0) is 50.8 Å². The van der Waals surface area contributed by atoms with Crippen LogP contribution in [0.15, 0.2) is 59.8 Å². The first-order valence-corrected chi connectivity index (χ1v) is 12.5. The molecule has 3 heterocycles. The van der Waals surface area contributed by atoms with E-state index in [0.717, 1.165) is 42.1 Å². The van der Waals surface area contributed by atoms with Crippen molar-refractivity contribution in [1.29, 1.82) is 0 Å². The summed E-state index contributed by atoms with van der Waals surface area (Å²) in [4.78, 5) is 15.8. The second-order valence-corrected chi connectivity index (χ2v) is 9.64. The van der Waals surface area contributed by atoms with Crippen LogP contribution in [0.1, 0.15) is 44.7 Å². The lowest BCUT2D eigenvalue weighted by molar-refractivity contribution is -0.134. The number of aromatic nitrogens is 3. The number of nitrogens with one attached hydrogen (secondary N) is 1. The Morgan fingerprint density at radius 1 is 1.12 bits per heavy atom. The number of nitrogens with zero attached hydrogens (tertiary/aromatic N) is 4. The second-order valence-electron chi connectivity index (χ2n) is 8.53. The van der Waals surface area contributed by atoms with Crippen LogP contribution in [-0.2, 0) is 4.79 Å². The maximum absolute atomic E-state index is 13.8. The van der Waals surface area contributed by atoms with Crippen LogP contribution in [0.25, 0.3) is 11.4 Å². The summed E-state index contributed by atoms with van der Waals surface area (Å²) < 4.78 is 7.55. The summed E-state index contributed by atoms with van der Waals surface area (Å²) in [7, 11) is 0. The van der Waals surface area contributed by atoms with Gasteiger partial charge in [0.25, 0.3) is 0 Å². The summed E-state index contributed by atoms with van der Waals surface area (Å²) in [5.74, 6) is 1.73. The monoisotopic (exact) mass is 463 g/mol. The molecule has 0 aliphatic carbocycles. The molecule has 1 N–H and O–H groups in total. The van der Waals surface area contributed by atoms with Crippen LogP contribution in [0.2, 0.25) is 0 Å². The van der Waals surface area contributed by atoms with Crippen LogP contribution in [-0.4, -0.2) is 50.1 Å². The first kappa shape index (κ1) is 21.8. The van der Waals surface area contributed by atoms with Gasteiger partial charge >= 0.3 is 0 Å². The van der Waals surface area contributed by atoms with E-state index < -0.39 is 0 Å². The lowest BCUT2D eigenvalue weighted by Crippen LogP contribution is -2.50. The summed E-state index contributed by atoms with van der Waals surface area (Å²) in [6.45, 7) is 5.56. The van der Waals surface area contributed by atoms with E-state index in [-0.39, 0.29) is 23.2 Å². The van der Waals surface area contributed by atoms with Gasteiger partial charge in [0, 0.05) is 18.2 Å². The molecule has 33 heavy (non-hydrogen) atoms. The van der Waals surface area contributed by atoms with Gasteiger partial charge in [-0.15, -0.1) is 10.2 Å². The maximum Gasteiger partial charge on any atom is 0.238 e. The van der Waals surface area contributed by atoms with Gasteiger partial charge in [-0.2, -0.15) is 0 Å². The average molecular weight is 464 g/mol. The van der Waals surface area contributed by atoms with Crippen molar-refractivity contribution in [3.05, 3.63) is 60.2 Å². The minimum Gasteiger partial charge on any atom is -0.494 e. The Labute approximate surface area is 198 Å². The Balaban J connectivity index is 1.51. The van der Waals surface area contributed by atoms with Crippen molar-refractivity contribution in [2.75, 3.05) is 18.6 Å². The maximum atomic E-state index is 13.8. The van der Waals surface area contributed by atoms with Crippen LogP contribution in [0.5, 0.6) is 5.75 Å². The number of thioether (sulfide) groups is 1. The number of benzene rings is 2. The molecular formula is C25H29N5O2S. The molecule has 172 valence electrons. The molecule has 2 aromatic carbocycles. The molecule has 8 heteroatoms. The number of amides is 1. The summed E-state index contributed by atoms with van der Waals surface area (Å²) in [5, 5.41) is 9.24. The summed E-state index contributed by atoms with van der Waals surface area (Å²) in [5.41, 5.74) is 5.59. The normalized spacial score (nSPS) is 22.4. The molecule has 1 aromatic heterocycles. The molecular weight excluding hydrogens is 434 g/mol. The number of rotatable bonds is 5. The molecule has 2 aliphatic rings. The minimum absolute atomic E-state index is 0.161. The van der Waals surface area contributed by atoms with Gasteiger partial charge in [-0.25, -0.2) is 4.68 Å². The number of likely N-dealkylation sites (tertiary alicyclic amines) is 1. The van der Waals surface area contributed by atoms with Crippen LogP contribution in [0.3, 0.4) is 0 Å². The van der Waals surface area contributed by atoms with Crippen molar-refractivity contribution in [3.8, 4) is 17.1 Å². The standard InChI is InChI=1S/C25H29N5O2S/c1-3-32-20-14-12-18(13-15-20)21-22(24(31)29-16-8-7-9-17(29)2)33-25-27-26-23(30(25)28-21)19-10-5-4-6-11-19/h4-6,10-15,17,21-22,28H,3,7-9,16H2,1-2H3/t17-,21+,22+/m1/s1. The number of hydrogen-bond acceptors (Lipinski definition) is 6. The first-order valence-electron chi connectivity index (χ1n) is 11.6. The largest absolute Gasteiger partial charge is 0.494 e. The van der Waals surface area contributed by atoms with Crippen molar-refractivity contribution in [3.63, 3.8) is 0 Å². The molecule has 1 amide bonds. The van der Waals surface area contributed by atoms with Crippen LogP contribution >= 0.6 is 11.8 Å². The van der Waals surface area contributed by atoms with Gasteiger partial charge in [0.05, 0.1) is 12.6 Å². The van der Waals surface area contributed by atoms with Crippen LogP contribution in [0.4, 0.5) is 0 Å². The van der Waals surface area contributed by atoms with Crippen molar-refractivity contribution >= 4 is 17.7 Å². The number of piperidine rings is 1. The quantitative estimate of drug-likeness (QED) is 0.601. The summed E-state index contributed by atoms with van der Waals surface area (Å²) in [6.07, 6.45) is 3.29. The van der Waals surface area contributed by atoms with Crippen molar-refractivity contribution in [2.45, 2.75) is 55.6 Å². The van der Waals surface area contributed by atoms with Crippen molar-refractivity contribution in [2.24, 2.45) is 0 Å². The number of carbonyl (C=O) groups is 1. The number of ether oxygens (including phenoxy) is 1. The lowest BCUT2D eigenvalue weighted by Gasteiger charge is -2.39. The van der Waals surface area contributed by atoms with Crippen LogP contribution in [0, 0.1) is 0 Å². The third-order valence-corrected chi connectivity index (χ3v) is 7.55. The van der Waals surface area contributed by atoms with Gasteiger partial charge in [0.2, 0.25) is 11.1 Å². The Hall–Kier alpha value is -3.00. The predicted molar refractivity (Wildman–Crippen MR) is 130 cm³/mol. The second kappa shape index (κ2) is 9.47. The number of hydrogen-bond donors (Lipinski definition) is 1. The highest BCUT2D eigenvalue weighted by Crippen LogP contribution is 2.40. The summed E-state index contributed by atoms with van der Waals surface area (Å²) >= 11 is 1.50. The fraction of sp³-hybridized carbons (Fsp3) is 0.400.